The van der Waals surface area contributed by atoms with E-state index in [1.54, 1.807) is 27.0 Å². The van der Waals surface area contributed by atoms with Crippen LogP contribution >= 0.6 is 7.67 Å². The molecule has 15 nitrogen and oxygen atoms in total. The van der Waals surface area contributed by atoms with Crippen LogP contribution in [0, 0.1) is 11.8 Å². The summed E-state index contributed by atoms with van der Waals surface area (Å²) >= 11 is 0. The van der Waals surface area contributed by atoms with Gasteiger partial charge in [-0.1, -0.05) is 27.7 Å². The molecule has 16 heteroatoms. The number of carbonyl (C=O) groups excluding carboxylic acids is 2. The van der Waals surface area contributed by atoms with E-state index in [1.165, 1.54) is 27.2 Å². The van der Waals surface area contributed by atoms with Crippen LogP contribution in [0.15, 0.2) is 17.1 Å². The van der Waals surface area contributed by atoms with Gasteiger partial charge in [0.05, 0.1) is 25.9 Å². The summed E-state index contributed by atoms with van der Waals surface area (Å²) < 4.78 is 37.3. The van der Waals surface area contributed by atoms with Gasteiger partial charge in [0, 0.05) is 20.4 Å². The average molecular weight is 664 g/mol. The quantitative estimate of drug-likeness (QED) is 0.0947. The Morgan fingerprint density at radius 1 is 1.02 bits per heavy atom. The summed E-state index contributed by atoms with van der Waals surface area (Å²) in [6, 6.07) is -1.59. The highest BCUT2D eigenvalue weighted by Crippen LogP contribution is 2.41. The first-order chi connectivity index (χ1) is 21.0. The highest BCUT2D eigenvalue weighted by atomic mass is 31.2. The first-order valence-corrected chi connectivity index (χ1v) is 16.9. The minimum atomic E-state index is -4.30. The zero-order valence-corrected chi connectivity index (χ0v) is 29.1. The van der Waals surface area contributed by atoms with Crippen LogP contribution in [0.4, 0.5) is 5.82 Å². The molecule has 0 aliphatic heterocycles. The molecule has 1 aromatic heterocycles. The van der Waals surface area contributed by atoms with E-state index in [4.69, 9.17) is 18.7 Å². The Hall–Kier alpha value is -2.39. The molecule has 260 valence electrons. The molecule has 0 aliphatic rings. The third kappa shape index (κ3) is 12.4. The molecule has 0 saturated carbocycles. The predicted octanol–water partition coefficient (Wildman–Crippen LogP) is 2.23. The molecule has 5 N–H and O–H groups in total. The SMILES string of the molecule is CCOC(=O)C(CC(C)C)NP(=O)(NC(CC(C)C)C(=O)OCC)OCC(OC)C(O)C(C)(O)C(C)n1ccc(NC)nc1=O. The Bertz CT molecular complexity index is 1140. The van der Waals surface area contributed by atoms with Gasteiger partial charge in [0.25, 0.3) is 0 Å². The van der Waals surface area contributed by atoms with E-state index >= 15 is 0 Å². The maximum absolute atomic E-state index is 14.4. The summed E-state index contributed by atoms with van der Waals surface area (Å²) in [5.74, 6) is -1.00. The number of hydrogen-bond acceptors (Lipinski definition) is 12. The summed E-state index contributed by atoms with van der Waals surface area (Å²) in [6.45, 7) is 13.3. The number of carbonyl (C=O) groups is 2. The van der Waals surface area contributed by atoms with Crippen LogP contribution in [0.3, 0.4) is 0 Å². The lowest BCUT2D eigenvalue weighted by molar-refractivity contribution is -0.153. The number of ether oxygens (including phenoxy) is 3. The van der Waals surface area contributed by atoms with Crippen LogP contribution in [-0.2, 0) is 32.9 Å². The van der Waals surface area contributed by atoms with Gasteiger partial charge in [0.15, 0.2) is 0 Å². The molecule has 1 aromatic rings. The van der Waals surface area contributed by atoms with Crippen LogP contribution in [0.5, 0.6) is 0 Å². The second-order valence-electron chi connectivity index (χ2n) is 11.8. The summed E-state index contributed by atoms with van der Waals surface area (Å²) in [7, 11) is -1.43. The maximum Gasteiger partial charge on any atom is 0.349 e. The molecule has 45 heavy (non-hydrogen) atoms. The van der Waals surface area contributed by atoms with Crippen molar-refractivity contribution in [2.24, 2.45) is 11.8 Å². The van der Waals surface area contributed by atoms with E-state index in [0.29, 0.717) is 5.82 Å². The van der Waals surface area contributed by atoms with Gasteiger partial charge in [-0.15, -0.1) is 0 Å². The standard InChI is InChI=1S/C29H54N5O10P/c1-11-42-26(36)21(15-18(3)4)32-45(40,33-22(16-19(5)6)27(37)43-12-2)44-17-23(41-10)25(35)29(8,39)20(7)34-14-13-24(30-9)31-28(34)38/h13-14,18-23,25,35,39H,11-12,15-17H2,1-10H3,(H,30,31,38)(H2,32,33,40). The fourth-order valence-corrected chi connectivity index (χ4v) is 6.39. The number of methoxy groups -OCH3 is 1. The molecule has 0 amide bonds. The highest BCUT2D eigenvalue weighted by Gasteiger charge is 2.44. The smallest absolute Gasteiger partial charge is 0.349 e. The number of nitrogens with one attached hydrogen (secondary N) is 3. The van der Waals surface area contributed by atoms with E-state index in [2.05, 4.69) is 20.5 Å². The van der Waals surface area contributed by atoms with Crippen LogP contribution < -0.4 is 21.2 Å². The molecular weight excluding hydrogens is 609 g/mol. The third-order valence-corrected chi connectivity index (χ3v) is 9.05. The van der Waals surface area contributed by atoms with Gasteiger partial charge in [-0.3, -0.25) is 18.7 Å². The average Bonchev–Trinajstić information content (AvgIpc) is 2.96. The predicted molar refractivity (Wildman–Crippen MR) is 170 cm³/mol. The Labute approximate surface area is 266 Å². The lowest BCUT2D eigenvalue weighted by atomic mass is 9.88. The Morgan fingerprint density at radius 2 is 1.51 bits per heavy atom. The number of aliphatic hydroxyl groups excluding tert-OH is 1. The zero-order chi connectivity index (χ0) is 34.5. The maximum atomic E-state index is 14.4. The summed E-state index contributed by atoms with van der Waals surface area (Å²) in [4.78, 5) is 42.2. The van der Waals surface area contributed by atoms with Gasteiger partial charge in [-0.2, -0.15) is 4.98 Å². The minimum absolute atomic E-state index is 0.0120. The Morgan fingerprint density at radius 3 is 1.89 bits per heavy atom. The van der Waals surface area contributed by atoms with Crippen molar-refractivity contribution < 1.29 is 43.1 Å². The largest absolute Gasteiger partial charge is 0.465 e. The van der Waals surface area contributed by atoms with Gasteiger partial charge in [-0.25, -0.2) is 15.0 Å². The molecule has 0 fully saturated rings. The Balaban J connectivity index is 3.42. The molecule has 0 saturated heterocycles. The lowest BCUT2D eigenvalue weighted by Crippen LogP contribution is -2.55. The topological polar surface area (TPSA) is 200 Å². The third-order valence-electron chi connectivity index (χ3n) is 7.23. The fourth-order valence-electron chi connectivity index (χ4n) is 4.57. The van der Waals surface area contributed by atoms with Crippen molar-refractivity contribution in [2.75, 3.05) is 39.3 Å². The van der Waals surface area contributed by atoms with Crippen LogP contribution in [-0.4, -0.2) is 95.6 Å². The summed E-state index contributed by atoms with van der Waals surface area (Å²) in [5.41, 5.74) is -2.63. The number of hydrogen-bond donors (Lipinski definition) is 5. The van der Waals surface area contributed by atoms with Crippen LogP contribution in [0.1, 0.15) is 74.3 Å². The summed E-state index contributed by atoms with van der Waals surface area (Å²) in [5, 5.41) is 31.0. The molecule has 6 unspecified atom stereocenters. The molecule has 0 bridgehead atoms. The lowest BCUT2D eigenvalue weighted by Gasteiger charge is -2.39. The summed E-state index contributed by atoms with van der Waals surface area (Å²) in [6.07, 6.45) is -1.05. The molecule has 6 atom stereocenters. The minimum Gasteiger partial charge on any atom is -0.465 e. The molecule has 0 radical (unpaired) electrons. The number of aromatic nitrogens is 2. The second kappa shape index (κ2) is 18.7. The van der Waals surface area contributed by atoms with E-state index in [0.717, 1.165) is 4.57 Å². The highest BCUT2D eigenvalue weighted by molar-refractivity contribution is 7.54. The molecule has 1 heterocycles. The van der Waals surface area contributed by atoms with E-state index in [-0.39, 0.29) is 37.9 Å². The van der Waals surface area contributed by atoms with Crippen molar-refractivity contribution in [3.8, 4) is 0 Å². The zero-order valence-electron chi connectivity index (χ0n) is 28.2. The van der Waals surface area contributed by atoms with Gasteiger partial charge >= 0.3 is 25.3 Å². The monoisotopic (exact) mass is 663 g/mol. The first-order valence-electron chi connectivity index (χ1n) is 15.3. The molecule has 0 aromatic carbocycles. The normalized spacial score (nSPS) is 17.9. The van der Waals surface area contributed by atoms with Crippen molar-refractivity contribution in [2.45, 2.75) is 104 Å². The van der Waals surface area contributed by atoms with Crippen molar-refractivity contribution in [1.29, 1.82) is 0 Å². The van der Waals surface area contributed by atoms with Gasteiger partial charge in [0.1, 0.15) is 35.7 Å². The van der Waals surface area contributed by atoms with Crippen molar-refractivity contribution in [1.82, 2.24) is 19.7 Å². The Kier molecular flexibility index (Phi) is 16.9. The number of esters is 2. The van der Waals surface area contributed by atoms with Gasteiger partial charge in [-0.05, 0) is 58.4 Å². The molecule has 0 aliphatic carbocycles. The van der Waals surface area contributed by atoms with E-state index in [1.807, 2.05) is 27.7 Å². The van der Waals surface area contributed by atoms with Crippen molar-refractivity contribution in [3.63, 3.8) is 0 Å². The van der Waals surface area contributed by atoms with Crippen molar-refractivity contribution >= 4 is 25.4 Å². The number of anilines is 1. The van der Waals surface area contributed by atoms with E-state index < -0.39 is 67.8 Å². The molecule has 0 spiro atoms. The number of aliphatic hydroxyl groups is 2. The van der Waals surface area contributed by atoms with Gasteiger partial charge in [0.2, 0.25) is 0 Å². The van der Waals surface area contributed by atoms with E-state index in [9.17, 15) is 29.2 Å². The van der Waals surface area contributed by atoms with Crippen LogP contribution in [0.2, 0.25) is 0 Å². The first kappa shape index (κ1) is 40.6. The fraction of sp³-hybridized carbons (Fsp3) is 0.793. The van der Waals surface area contributed by atoms with Crippen LogP contribution in [0.25, 0.3) is 0 Å². The number of rotatable bonds is 21. The van der Waals surface area contributed by atoms with Gasteiger partial charge < -0.3 is 34.3 Å². The second-order valence-corrected chi connectivity index (χ2v) is 13.7. The molecule has 1 rings (SSSR count). The van der Waals surface area contributed by atoms with Crippen molar-refractivity contribution in [3.05, 3.63) is 22.7 Å². The number of nitrogens with zero attached hydrogens (tertiary/aromatic N) is 2. The molecular formula is C29H54N5O10P.